The Labute approximate surface area is 119 Å². The van der Waals surface area contributed by atoms with Gasteiger partial charge in [-0.25, -0.2) is 9.18 Å². The van der Waals surface area contributed by atoms with E-state index in [0.717, 1.165) is 12.1 Å². The Balaban J connectivity index is 2.38. The SMILES string of the molecule is COC(=O)c1ccc(Oc2ccccc(=O)c2O)c(F)c1. The maximum Gasteiger partial charge on any atom is 0.337 e. The molecule has 0 amide bonds. The molecule has 5 nitrogen and oxygen atoms in total. The molecule has 0 atom stereocenters. The Morgan fingerprint density at radius 1 is 1.14 bits per heavy atom. The predicted molar refractivity (Wildman–Crippen MR) is 72.2 cm³/mol. The molecule has 0 aliphatic heterocycles. The maximum atomic E-state index is 13.9. The van der Waals surface area contributed by atoms with Crippen LogP contribution in [0.15, 0.2) is 47.3 Å². The van der Waals surface area contributed by atoms with Crippen LogP contribution in [0.4, 0.5) is 4.39 Å². The minimum atomic E-state index is -0.823. The van der Waals surface area contributed by atoms with Crippen molar-refractivity contribution >= 4 is 5.97 Å². The summed E-state index contributed by atoms with van der Waals surface area (Å²) in [6.45, 7) is 0. The zero-order valence-corrected chi connectivity index (χ0v) is 11.0. The smallest absolute Gasteiger partial charge is 0.337 e. The molecule has 1 N–H and O–H groups in total. The van der Waals surface area contributed by atoms with Crippen LogP contribution < -0.4 is 10.2 Å². The highest BCUT2D eigenvalue weighted by atomic mass is 19.1. The Morgan fingerprint density at radius 2 is 1.86 bits per heavy atom. The van der Waals surface area contributed by atoms with E-state index in [1.54, 1.807) is 0 Å². The van der Waals surface area contributed by atoms with E-state index in [4.69, 9.17) is 4.74 Å². The van der Waals surface area contributed by atoms with Gasteiger partial charge in [-0.05, 0) is 30.3 Å². The number of ether oxygens (including phenoxy) is 2. The number of carbonyl (C=O) groups is 1. The van der Waals surface area contributed by atoms with Gasteiger partial charge >= 0.3 is 5.97 Å². The topological polar surface area (TPSA) is 72.8 Å². The summed E-state index contributed by atoms with van der Waals surface area (Å²) >= 11 is 0. The first kappa shape index (κ1) is 14.5. The molecule has 108 valence electrons. The van der Waals surface area contributed by atoms with Crippen molar-refractivity contribution in [1.29, 1.82) is 0 Å². The van der Waals surface area contributed by atoms with Crippen LogP contribution in [0.1, 0.15) is 10.4 Å². The van der Waals surface area contributed by atoms with Crippen molar-refractivity contribution in [2.24, 2.45) is 0 Å². The van der Waals surface area contributed by atoms with E-state index in [-0.39, 0.29) is 17.1 Å². The van der Waals surface area contributed by atoms with E-state index in [2.05, 4.69) is 4.74 Å². The molecule has 0 heterocycles. The third-order valence-corrected chi connectivity index (χ3v) is 2.65. The number of methoxy groups -OCH3 is 1. The van der Waals surface area contributed by atoms with Gasteiger partial charge in [-0.3, -0.25) is 4.79 Å². The van der Waals surface area contributed by atoms with Crippen molar-refractivity contribution < 1.29 is 23.8 Å². The zero-order chi connectivity index (χ0) is 15.4. The second kappa shape index (κ2) is 6.04. The molecule has 0 unspecified atom stereocenters. The molecular weight excluding hydrogens is 279 g/mol. The lowest BCUT2D eigenvalue weighted by atomic mass is 10.2. The molecule has 6 heteroatoms. The second-order valence-corrected chi connectivity index (χ2v) is 4.03. The Kier molecular flexibility index (Phi) is 4.18. The monoisotopic (exact) mass is 290 g/mol. The molecule has 0 fully saturated rings. The van der Waals surface area contributed by atoms with Crippen molar-refractivity contribution in [3.05, 3.63) is 64.1 Å². The molecule has 0 radical (unpaired) electrons. The average Bonchev–Trinajstić information content (AvgIpc) is 2.64. The van der Waals surface area contributed by atoms with E-state index >= 15 is 0 Å². The minimum Gasteiger partial charge on any atom is -0.502 e. The normalized spacial score (nSPS) is 10.0. The first-order chi connectivity index (χ1) is 10.0. The van der Waals surface area contributed by atoms with Gasteiger partial charge in [0.15, 0.2) is 17.3 Å². The van der Waals surface area contributed by atoms with Gasteiger partial charge in [0, 0.05) is 0 Å². The largest absolute Gasteiger partial charge is 0.502 e. The summed E-state index contributed by atoms with van der Waals surface area (Å²) in [5, 5.41) is 9.66. The highest BCUT2D eigenvalue weighted by Crippen LogP contribution is 2.29. The molecular formula is C15H11FO5. The van der Waals surface area contributed by atoms with Gasteiger partial charge in [-0.15, -0.1) is 0 Å². The summed E-state index contributed by atoms with van der Waals surface area (Å²) in [5.41, 5.74) is -0.628. The molecule has 0 spiro atoms. The van der Waals surface area contributed by atoms with Crippen LogP contribution in [0.25, 0.3) is 0 Å². The number of carbonyl (C=O) groups excluding carboxylic acids is 1. The summed E-state index contributed by atoms with van der Waals surface area (Å²) in [6, 6.07) is 8.83. The van der Waals surface area contributed by atoms with E-state index in [9.17, 15) is 19.1 Å². The molecule has 0 saturated carbocycles. The minimum absolute atomic E-state index is 0.0229. The Morgan fingerprint density at radius 3 is 2.52 bits per heavy atom. The first-order valence-corrected chi connectivity index (χ1v) is 5.91. The van der Waals surface area contributed by atoms with Gasteiger partial charge in [-0.2, -0.15) is 0 Å². The second-order valence-electron chi connectivity index (χ2n) is 4.03. The molecule has 0 aliphatic carbocycles. The fraction of sp³-hybridized carbons (Fsp3) is 0.0667. The zero-order valence-electron chi connectivity index (χ0n) is 11.0. The van der Waals surface area contributed by atoms with Crippen LogP contribution in [0.2, 0.25) is 0 Å². The van der Waals surface area contributed by atoms with Crippen LogP contribution in [0.5, 0.6) is 17.2 Å². The third kappa shape index (κ3) is 3.17. The fourth-order valence-corrected chi connectivity index (χ4v) is 1.59. The lowest BCUT2D eigenvalue weighted by Gasteiger charge is -2.07. The molecule has 0 aromatic heterocycles. The van der Waals surface area contributed by atoms with Crippen molar-refractivity contribution in [3.8, 4) is 17.2 Å². The average molecular weight is 290 g/mol. The van der Waals surface area contributed by atoms with Gasteiger partial charge in [0.25, 0.3) is 0 Å². The molecule has 2 aromatic carbocycles. The lowest BCUT2D eigenvalue weighted by Crippen LogP contribution is -2.02. The number of rotatable bonds is 3. The summed E-state index contributed by atoms with van der Waals surface area (Å²) < 4.78 is 23.5. The molecule has 0 bridgehead atoms. The summed E-state index contributed by atoms with van der Waals surface area (Å²) in [5.74, 6) is -2.55. The van der Waals surface area contributed by atoms with Crippen molar-refractivity contribution in [3.63, 3.8) is 0 Å². The molecule has 2 rings (SSSR count). The first-order valence-electron chi connectivity index (χ1n) is 5.91. The molecule has 2 aromatic rings. The predicted octanol–water partition coefficient (Wildman–Crippen LogP) is 2.47. The van der Waals surface area contributed by atoms with Gasteiger partial charge in [-0.1, -0.05) is 12.1 Å². The quantitative estimate of drug-likeness (QED) is 0.879. The third-order valence-electron chi connectivity index (χ3n) is 2.65. The fourth-order valence-electron chi connectivity index (χ4n) is 1.59. The molecule has 0 saturated heterocycles. The standard InChI is InChI=1S/C15H11FO5/c1-20-15(19)9-6-7-12(10(16)8-9)21-13-5-3-2-4-11(17)14(13)18/h2-8H,1H3,(H,17,18). The summed E-state index contributed by atoms with van der Waals surface area (Å²) in [6.07, 6.45) is 0. The van der Waals surface area contributed by atoms with Crippen LogP contribution in [0, 0.1) is 5.82 Å². The van der Waals surface area contributed by atoms with Crippen LogP contribution in [0.3, 0.4) is 0 Å². The highest BCUT2D eigenvalue weighted by molar-refractivity contribution is 5.89. The number of halogens is 1. The van der Waals surface area contributed by atoms with Gasteiger partial charge in [0.2, 0.25) is 11.2 Å². The summed E-state index contributed by atoms with van der Waals surface area (Å²) in [4.78, 5) is 22.7. The number of hydrogen-bond acceptors (Lipinski definition) is 5. The van der Waals surface area contributed by atoms with Crippen molar-refractivity contribution in [1.82, 2.24) is 0 Å². The summed E-state index contributed by atoms with van der Waals surface area (Å²) in [7, 11) is 1.18. The van der Waals surface area contributed by atoms with Gasteiger partial charge in [0.05, 0.1) is 12.7 Å². The number of benzene rings is 1. The van der Waals surface area contributed by atoms with E-state index in [0.29, 0.717) is 0 Å². The van der Waals surface area contributed by atoms with Crippen LogP contribution >= 0.6 is 0 Å². The number of hydrogen-bond donors (Lipinski definition) is 1. The van der Waals surface area contributed by atoms with Crippen LogP contribution in [-0.2, 0) is 4.74 Å². The highest BCUT2D eigenvalue weighted by Gasteiger charge is 2.13. The van der Waals surface area contributed by atoms with E-state index in [1.165, 1.54) is 37.4 Å². The van der Waals surface area contributed by atoms with E-state index in [1.807, 2.05) is 0 Å². The Bertz CT molecular complexity index is 742. The van der Waals surface area contributed by atoms with Crippen molar-refractivity contribution in [2.75, 3.05) is 7.11 Å². The van der Waals surface area contributed by atoms with Crippen LogP contribution in [-0.4, -0.2) is 18.2 Å². The number of aromatic hydroxyl groups is 1. The number of esters is 1. The maximum absolute atomic E-state index is 13.9. The van der Waals surface area contributed by atoms with Gasteiger partial charge < -0.3 is 14.6 Å². The Hall–Kier alpha value is -2.89. The lowest BCUT2D eigenvalue weighted by molar-refractivity contribution is 0.0600. The molecule has 21 heavy (non-hydrogen) atoms. The van der Waals surface area contributed by atoms with E-state index < -0.39 is 23.0 Å². The molecule has 0 aliphatic rings. The van der Waals surface area contributed by atoms with Gasteiger partial charge in [0.1, 0.15) is 0 Å². The van der Waals surface area contributed by atoms with Crippen molar-refractivity contribution in [2.45, 2.75) is 0 Å².